The van der Waals surface area contributed by atoms with Crippen LogP contribution in [0.1, 0.15) is 25.3 Å². The van der Waals surface area contributed by atoms with Crippen molar-refractivity contribution >= 4 is 33.4 Å². The van der Waals surface area contributed by atoms with Crippen molar-refractivity contribution in [1.29, 1.82) is 0 Å². The average molecular weight is 437 g/mol. The second kappa shape index (κ2) is 9.73. The summed E-state index contributed by atoms with van der Waals surface area (Å²) in [7, 11) is -3.62. The number of hydrogen-bond acceptors (Lipinski definition) is 4. The topological polar surface area (TPSA) is 66.5 Å². The quantitative estimate of drug-likeness (QED) is 0.663. The second-order valence-electron chi connectivity index (χ2n) is 6.94. The van der Waals surface area contributed by atoms with Crippen LogP contribution >= 0.6 is 11.8 Å². The van der Waals surface area contributed by atoms with Crippen molar-refractivity contribution in [3.8, 4) is 0 Å². The van der Waals surface area contributed by atoms with Gasteiger partial charge in [-0.3, -0.25) is 4.79 Å². The second-order valence-corrected chi connectivity index (χ2v) is 10.2. The van der Waals surface area contributed by atoms with Crippen LogP contribution in [-0.2, 0) is 20.6 Å². The predicted octanol–water partition coefficient (Wildman–Crippen LogP) is 4.12. The zero-order valence-corrected chi connectivity index (χ0v) is 17.9. The monoisotopic (exact) mass is 436 g/mol. The van der Waals surface area contributed by atoms with E-state index in [-0.39, 0.29) is 36.2 Å². The number of nitrogens with zero attached hydrogens (tertiary/aromatic N) is 1. The molecule has 0 saturated carbocycles. The summed E-state index contributed by atoms with van der Waals surface area (Å²) < 4.78 is 40.5. The Balaban J connectivity index is 1.59. The lowest BCUT2D eigenvalue weighted by Crippen LogP contribution is -2.42. The van der Waals surface area contributed by atoms with Gasteiger partial charge in [-0.15, -0.1) is 11.8 Å². The van der Waals surface area contributed by atoms with Crippen molar-refractivity contribution in [3.05, 3.63) is 59.9 Å². The minimum absolute atomic E-state index is 0.0831. The Kier molecular flexibility index (Phi) is 7.32. The van der Waals surface area contributed by atoms with E-state index in [1.54, 1.807) is 17.8 Å². The molecule has 1 aliphatic heterocycles. The first-order valence-corrected chi connectivity index (χ1v) is 12.2. The number of para-hydroxylation sites is 1. The fraction of sp³-hybridized carbons (Fsp3) is 0.381. The summed E-state index contributed by atoms with van der Waals surface area (Å²) >= 11 is 1.66. The predicted molar refractivity (Wildman–Crippen MR) is 115 cm³/mol. The molecule has 2 aromatic carbocycles. The van der Waals surface area contributed by atoms with Gasteiger partial charge in [0.25, 0.3) is 0 Å². The lowest BCUT2D eigenvalue weighted by Gasteiger charge is -2.30. The highest BCUT2D eigenvalue weighted by atomic mass is 32.2. The van der Waals surface area contributed by atoms with Crippen LogP contribution in [0, 0.1) is 11.7 Å². The number of halogens is 1. The van der Waals surface area contributed by atoms with Gasteiger partial charge in [0, 0.05) is 29.5 Å². The minimum atomic E-state index is -3.62. The molecule has 0 spiro atoms. The van der Waals surface area contributed by atoms with Crippen LogP contribution in [0.25, 0.3) is 0 Å². The maximum atomic E-state index is 13.8. The summed E-state index contributed by atoms with van der Waals surface area (Å²) in [5, 5.41) is 2.99. The zero-order chi connectivity index (χ0) is 20.9. The first-order chi connectivity index (χ1) is 13.9. The molecule has 5 nitrogen and oxygen atoms in total. The lowest BCUT2D eigenvalue weighted by atomic mass is 9.97. The van der Waals surface area contributed by atoms with Gasteiger partial charge < -0.3 is 5.32 Å². The Labute approximate surface area is 175 Å². The van der Waals surface area contributed by atoms with E-state index in [0.29, 0.717) is 12.8 Å². The van der Waals surface area contributed by atoms with E-state index in [4.69, 9.17) is 0 Å². The van der Waals surface area contributed by atoms with Gasteiger partial charge in [-0.25, -0.2) is 17.1 Å². The summed E-state index contributed by atoms with van der Waals surface area (Å²) in [5.41, 5.74) is 0.955. The molecule has 0 radical (unpaired) electrons. The lowest BCUT2D eigenvalue weighted by molar-refractivity contribution is -0.120. The summed E-state index contributed by atoms with van der Waals surface area (Å²) in [6.45, 7) is 2.58. The molecule has 1 aliphatic rings. The van der Waals surface area contributed by atoms with E-state index < -0.39 is 15.8 Å². The Morgan fingerprint density at radius 2 is 1.79 bits per heavy atom. The Hall–Kier alpha value is -1.90. The molecule has 1 heterocycles. The molecule has 0 aliphatic carbocycles. The number of anilines is 1. The standard InChI is InChI=1S/C21H25FN2O3S2/c1-2-28-20-10-6-5-9-19(20)23-21(25)16-11-13-24(14-12-16)29(26,27)15-17-7-3-4-8-18(17)22/h3-10,16H,2,11-15H2,1H3,(H,23,25). The van der Waals surface area contributed by atoms with Crippen LogP contribution in [0.5, 0.6) is 0 Å². The number of nitrogens with one attached hydrogen (secondary N) is 1. The van der Waals surface area contributed by atoms with Gasteiger partial charge in [-0.2, -0.15) is 0 Å². The third-order valence-corrected chi connectivity index (χ3v) is 7.74. The molecule has 0 atom stereocenters. The average Bonchev–Trinajstić information content (AvgIpc) is 2.71. The van der Waals surface area contributed by atoms with E-state index in [1.807, 2.05) is 24.3 Å². The van der Waals surface area contributed by atoms with Gasteiger partial charge in [-0.1, -0.05) is 37.3 Å². The van der Waals surface area contributed by atoms with Crippen molar-refractivity contribution in [1.82, 2.24) is 4.31 Å². The van der Waals surface area contributed by atoms with E-state index in [1.165, 1.54) is 22.5 Å². The number of hydrogen-bond donors (Lipinski definition) is 1. The first-order valence-electron chi connectivity index (χ1n) is 9.64. The summed E-state index contributed by atoms with van der Waals surface area (Å²) in [4.78, 5) is 13.7. The summed E-state index contributed by atoms with van der Waals surface area (Å²) in [6.07, 6.45) is 0.900. The number of carbonyl (C=O) groups is 1. The maximum absolute atomic E-state index is 13.8. The Bertz CT molecular complexity index is 958. The van der Waals surface area contributed by atoms with Crippen molar-refractivity contribution in [2.45, 2.75) is 30.4 Å². The van der Waals surface area contributed by atoms with E-state index in [2.05, 4.69) is 12.2 Å². The fourth-order valence-corrected chi connectivity index (χ4v) is 5.72. The van der Waals surface area contributed by atoms with E-state index in [0.717, 1.165) is 16.3 Å². The van der Waals surface area contributed by atoms with Crippen molar-refractivity contribution in [2.24, 2.45) is 5.92 Å². The normalized spacial score (nSPS) is 15.9. The number of thioether (sulfide) groups is 1. The van der Waals surface area contributed by atoms with Crippen LogP contribution in [-0.4, -0.2) is 37.5 Å². The maximum Gasteiger partial charge on any atom is 0.227 e. The van der Waals surface area contributed by atoms with Crippen LogP contribution in [0.15, 0.2) is 53.4 Å². The summed E-state index contributed by atoms with van der Waals surface area (Å²) in [6, 6.07) is 13.6. The molecular formula is C21H25FN2O3S2. The summed E-state index contributed by atoms with van der Waals surface area (Å²) in [5.74, 6) is -0.299. The number of benzene rings is 2. The van der Waals surface area contributed by atoms with Crippen molar-refractivity contribution < 1.29 is 17.6 Å². The molecular weight excluding hydrogens is 411 g/mol. The van der Waals surface area contributed by atoms with Gasteiger partial charge >= 0.3 is 0 Å². The minimum Gasteiger partial charge on any atom is -0.325 e. The van der Waals surface area contributed by atoms with Crippen LogP contribution in [0.4, 0.5) is 10.1 Å². The number of sulfonamides is 1. The van der Waals surface area contributed by atoms with Gasteiger partial charge in [0.15, 0.2) is 0 Å². The fourth-order valence-electron chi connectivity index (χ4n) is 3.39. The number of rotatable bonds is 7. The number of carbonyl (C=O) groups excluding carboxylic acids is 1. The highest BCUT2D eigenvalue weighted by Gasteiger charge is 2.31. The van der Waals surface area contributed by atoms with Gasteiger partial charge in [-0.05, 0) is 36.8 Å². The molecule has 1 amide bonds. The molecule has 1 fully saturated rings. The van der Waals surface area contributed by atoms with Gasteiger partial charge in [0.1, 0.15) is 5.82 Å². The van der Waals surface area contributed by atoms with E-state index in [9.17, 15) is 17.6 Å². The third-order valence-electron chi connectivity index (χ3n) is 4.96. The van der Waals surface area contributed by atoms with Crippen LogP contribution < -0.4 is 5.32 Å². The SMILES string of the molecule is CCSc1ccccc1NC(=O)C1CCN(S(=O)(=O)Cc2ccccc2F)CC1. The highest BCUT2D eigenvalue weighted by Crippen LogP contribution is 2.29. The smallest absolute Gasteiger partial charge is 0.227 e. The zero-order valence-electron chi connectivity index (χ0n) is 16.3. The Morgan fingerprint density at radius 3 is 2.48 bits per heavy atom. The highest BCUT2D eigenvalue weighted by molar-refractivity contribution is 7.99. The van der Waals surface area contributed by atoms with Crippen molar-refractivity contribution in [2.75, 3.05) is 24.2 Å². The molecule has 0 aromatic heterocycles. The van der Waals surface area contributed by atoms with Gasteiger partial charge in [0.2, 0.25) is 15.9 Å². The molecule has 8 heteroatoms. The number of amides is 1. The molecule has 1 saturated heterocycles. The molecule has 156 valence electrons. The van der Waals surface area contributed by atoms with Crippen LogP contribution in [0.3, 0.4) is 0 Å². The molecule has 1 N–H and O–H groups in total. The molecule has 2 aromatic rings. The third kappa shape index (κ3) is 5.58. The first kappa shape index (κ1) is 21.8. The molecule has 3 rings (SSSR count). The van der Waals surface area contributed by atoms with Crippen LogP contribution in [0.2, 0.25) is 0 Å². The van der Waals surface area contributed by atoms with Crippen molar-refractivity contribution in [3.63, 3.8) is 0 Å². The Morgan fingerprint density at radius 1 is 1.14 bits per heavy atom. The number of piperidine rings is 1. The van der Waals surface area contributed by atoms with Gasteiger partial charge in [0.05, 0.1) is 11.4 Å². The van der Waals surface area contributed by atoms with E-state index >= 15 is 0 Å². The molecule has 0 unspecified atom stereocenters. The molecule has 29 heavy (non-hydrogen) atoms. The molecule has 0 bridgehead atoms. The largest absolute Gasteiger partial charge is 0.325 e.